The Kier molecular flexibility index (Phi) is 3.99. The normalized spacial score (nSPS) is 12.4. The molecule has 1 aromatic heterocycles. The number of para-hydroxylation sites is 1. The molecule has 0 saturated heterocycles. The number of thiophene rings is 1. The molecular weight excluding hydrogens is 263 g/mol. The van der Waals surface area contributed by atoms with Gasteiger partial charge in [-0.25, -0.2) is 4.39 Å². The molecule has 2 rings (SSSR count). The molecule has 2 nitrogen and oxygen atoms in total. The van der Waals surface area contributed by atoms with E-state index in [4.69, 9.17) is 16.3 Å². The Balaban J connectivity index is 1.97. The van der Waals surface area contributed by atoms with Crippen molar-refractivity contribution in [3.05, 3.63) is 51.4 Å². The minimum Gasteiger partial charge on any atom is -0.487 e. The summed E-state index contributed by atoms with van der Waals surface area (Å²) in [5.74, 6) is -0.307. The first-order valence-electron chi connectivity index (χ1n) is 4.97. The van der Waals surface area contributed by atoms with Crippen LogP contribution in [0.4, 0.5) is 4.39 Å². The molecule has 0 spiro atoms. The van der Waals surface area contributed by atoms with Gasteiger partial charge in [-0.3, -0.25) is 0 Å². The monoisotopic (exact) mass is 272 g/mol. The predicted octanol–water partition coefficient (Wildman–Crippen LogP) is 3.65. The molecule has 0 saturated carbocycles. The van der Waals surface area contributed by atoms with Crippen LogP contribution in [-0.2, 0) is 0 Å². The molecule has 1 aromatic carbocycles. The first-order valence-corrected chi connectivity index (χ1v) is 6.17. The van der Waals surface area contributed by atoms with Crippen LogP contribution in [-0.4, -0.2) is 11.7 Å². The van der Waals surface area contributed by atoms with Crippen molar-refractivity contribution in [3.63, 3.8) is 0 Å². The molecule has 1 heterocycles. The largest absolute Gasteiger partial charge is 0.487 e. The smallest absolute Gasteiger partial charge is 0.165 e. The highest BCUT2D eigenvalue weighted by Crippen LogP contribution is 2.27. The van der Waals surface area contributed by atoms with Crippen molar-refractivity contribution in [3.8, 4) is 5.75 Å². The number of hydrogen-bond acceptors (Lipinski definition) is 3. The van der Waals surface area contributed by atoms with Crippen molar-refractivity contribution in [1.82, 2.24) is 0 Å². The number of aliphatic hydroxyl groups is 1. The SMILES string of the molecule is OC(COc1ccccc1F)c1ccc(Cl)s1. The fourth-order valence-electron chi connectivity index (χ4n) is 1.32. The second-order valence-corrected chi connectivity index (χ2v) is 5.15. The van der Waals surface area contributed by atoms with Crippen LogP contribution < -0.4 is 4.74 Å². The van der Waals surface area contributed by atoms with Crippen molar-refractivity contribution in [1.29, 1.82) is 0 Å². The average Bonchev–Trinajstić information content (AvgIpc) is 2.74. The Morgan fingerprint density at radius 3 is 2.71 bits per heavy atom. The van der Waals surface area contributed by atoms with Gasteiger partial charge >= 0.3 is 0 Å². The highest BCUT2D eigenvalue weighted by Gasteiger charge is 2.12. The molecule has 1 atom stereocenters. The van der Waals surface area contributed by atoms with E-state index in [1.807, 2.05) is 0 Å². The predicted molar refractivity (Wildman–Crippen MR) is 66.2 cm³/mol. The average molecular weight is 273 g/mol. The van der Waals surface area contributed by atoms with Gasteiger partial charge < -0.3 is 9.84 Å². The fraction of sp³-hybridized carbons (Fsp3) is 0.167. The second kappa shape index (κ2) is 5.49. The van der Waals surface area contributed by atoms with E-state index in [1.165, 1.54) is 23.5 Å². The summed E-state index contributed by atoms with van der Waals surface area (Å²) in [7, 11) is 0. The molecule has 0 aliphatic carbocycles. The van der Waals surface area contributed by atoms with Gasteiger partial charge in [0.05, 0.1) is 4.34 Å². The molecule has 0 amide bonds. The van der Waals surface area contributed by atoms with E-state index >= 15 is 0 Å². The zero-order valence-electron chi connectivity index (χ0n) is 8.77. The zero-order chi connectivity index (χ0) is 12.3. The molecule has 0 radical (unpaired) electrons. The third-order valence-corrected chi connectivity index (χ3v) is 3.49. The molecule has 1 N–H and O–H groups in total. The summed E-state index contributed by atoms with van der Waals surface area (Å²) in [5.41, 5.74) is 0. The van der Waals surface area contributed by atoms with Crippen molar-refractivity contribution in [2.24, 2.45) is 0 Å². The van der Waals surface area contributed by atoms with Crippen molar-refractivity contribution < 1.29 is 14.2 Å². The summed E-state index contributed by atoms with van der Waals surface area (Å²) in [5, 5.41) is 9.79. The van der Waals surface area contributed by atoms with E-state index in [1.54, 1.807) is 24.3 Å². The fourth-order valence-corrected chi connectivity index (χ4v) is 2.35. The van der Waals surface area contributed by atoms with Crippen molar-refractivity contribution >= 4 is 22.9 Å². The van der Waals surface area contributed by atoms with Crippen LogP contribution in [0.5, 0.6) is 5.75 Å². The maximum absolute atomic E-state index is 13.2. The Morgan fingerprint density at radius 1 is 1.29 bits per heavy atom. The van der Waals surface area contributed by atoms with Gasteiger partial charge in [-0.15, -0.1) is 11.3 Å². The highest BCUT2D eigenvalue weighted by molar-refractivity contribution is 7.16. The van der Waals surface area contributed by atoms with E-state index in [-0.39, 0.29) is 12.4 Å². The minimum absolute atomic E-state index is 0.00221. The number of ether oxygens (including phenoxy) is 1. The quantitative estimate of drug-likeness (QED) is 0.920. The van der Waals surface area contributed by atoms with Crippen LogP contribution >= 0.6 is 22.9 Å². The lowest BCUT2D eigenvalue weighted by atomic mass is 10.3. The molecule has 90 valence electrons. The summed E-state index contributed by atoms with van der Waals surface area (Å²) >= 11 is 7.03. The summed E-state index contributed by atoms with van der Waals surface area (Å²) in [6, 6.07) is 9.51. The van der Waals surface area contributed by atoms with E-state index in [0.717, 1.165) is 0 Å². The lowest BCUT2D eigenvalue weighted by molar-refractivity contribution is 0.108. The van der Waals surface area contributed by atoms with E-state index in [9.17, 15) is 9.50 Å². The van der Waals surface area contributed by atoms with Crippen molar-refractivity contribution in [2.75, 3.05) is 6.61 Å². The number of aliphatic hydroxyl groups excluding tert-OH is 1. The lowest BCUT2D eigenvalue weighted by Crippen LogP contribution is -2.08. The first-order chi connectivity index (χ1) is 8.16. The first kappa shape index (κ1) is 12.4. The Hall–Kier alpha value is -1.10. The van der Waals surface area contributed by atoms with Gasteiger partial charge in [0.2, 0.25) is 0 Å². The standard InChI is InChI=1S/C12H10ClFO2S/c13-12-6-5-11(17-12)9(15)7-16-10-4-2-1-3-8(10)14/h1-6,9,15H,7H2. The summed E-state index contributed by atoms with van der Waals surface area (Å²) in [6.07, 6.45) is -0.799. The Labute approximate surface area is 107 Å². The zero-order valence-corrected chi connectivity index (χ0v) is 10.3. The minimum atomic E-state index is -0.799. The van der Waals surface area contributed by atoms with Gasteiger partial charge in [0.1, 0.15) is 12.7 Å². The topological polar surface area (TPSA) is 29.5 Å². The van der Waals surface area contributed by atoms with Gasteiger partial charge in [0.25, 0.3) is 0 Å². The van der Waals surface area contributed by atoms with Gasteiger partial charge in [-0.1, -0.05) is 23.7 Å². The third-order valence-electron chi connectivity index (χ3n) is 2.16. The lowest BCUT2D eigenvalue weighted by Gasteiger charge is -2.11. The molecule has 0 aliphatic heterocycles. The summed E-state index contributed by atoms with van der Waals surface area (Å²) < 4.78 is 19.0. The van der Waals surface area contributed by atoms with Crippen molar-refractivity contribution in [2.45, 2.75) is 6.10 Å². The molecular formula is C12H10ClFO2S. The van der Waals surface area contributed by atoms with E-state index in [0.29, 0.717) is 9.21 Å². The molecule has 1 unspecified atom stereocenters. The summed E-state index contributed by atoms with van der Waals surface area (Å²) in [4.78, 5) is 0.700. The van der Waals surface area contributed by atoms with E-state index in [2.05, 4.69) is 0 Å². The Morgan fingerprint density at radius 2 is 2.06 bits per heavy atom. The second-order valence-electron chi connectivity index (χ2n) is 3.40. The van der Waals surface area contributed by atoms with Gasteiger partial charge in [0, 0.05) is 4.88 Å². The molecule has 0 aliphatic rings. The molecule has 17 heavy (non-hydrogen) atoms. The van der Waals surface area contributed by atoms with Crippen LogP contribution in [0.2, 0.25) is 4.34 Å². The van der Waals surface area contributed by atoms with Crippen LogP contribution in [0.1, 0.15) is 11.0 Å². The maximum Gasteiger partial charge on any atom is 0.165 e. The number of rotatable bonds is 4. The summed E-state index contributed by atoms with van der Waals surface area (Å²) in [6.45, 7) is -0.00221. The van der Waals surface area contributed by atoms with E-state index < -0.39 is 11.9 Å². The maximum atomic E-state index is 13.2. The number of benzene rings is 1. The Bertz CT molecular complexity index is 501. The number of halogens is 2. The third kappa shape index (κ3) is 3.19. The van der Waals surface area contributed by atoms with Crippen LogP contribution in [0.15, 0.2) is 36.4 Å². The molecule has 5 heteroatoms. The van der Waals surface area contributed by atoms with Crippen LogP contribution in [0, 0.1) is 5.82 Å². The van der Waals surface area contributed by atoms with Gasteiger partial charge in [-0.2, -0.15) is 0 Å². The van der Waals surface area contributed by atoms with Gasteiger partial charge in [0.15, 0.2) is 11.6 Å². The highest BCUT2D eigenvalue weighted by atomic mass is 35.5. The molecule has 0 fully saturated rings. The van der Waals surface area contributed by atoms with Crippen LogP contribution in [0.3, 0.4) is 0 Å². The molecule has 2 aromatic rings. The van der Waals surface area contributed by atoms with Crippen LogP contribution in [0.25, 0.3) is 0 Å². The van der Waals surface area contributed by atoms with Gasteiger partial charge in [-0.05, 0) is 24.3 Å². The molecule has 0 bridgehead atoms. The number of hydrogen-bond donors (Lipinski definition) is 1.